The van der Waals surface area contributed by atoms with Gasteiger partial charge in [-0.25, -0.2) is 0 Å². The third-order valence-electron chi connectivity index (χ3n) is 7.36. The highest BCUT2D eigenvalue weighted by Crippen LogP contribution is 2.52. The Morgan fingerprint density at radius 1 is 1.21 bits per heavy atom. The number of carbonyl (C=O) groups excluding carboxylic acids is 2. The van der Waals surface area contributed by atoms with Crippen LogP contribution in [0.2, 0.25) is 0 Å². The van der Waals surface area contributed by atoms with Crippen LogP contribution in [0.4, 0.5) is 0 Å². The van der Waals surface area contributed by atoms with Crippen molar-refractivity contribution < 1.29 is 14.3 Å². The maximum Gasteiger partial charge on any atom is 0.233 e. The maximum atomic E-state index is 12.8. The molecule has 1 aliphatic heterocycles. The summed E-state index contributed by atoms with van der Waals surface area (Å²) in [4.78, 5) is 31.8. The van der Waals surface area contributed by atoms with Crippen molar-refractivity contribution in [1.29, 1.82) is 0 Å². The van der Waals surface area contributed by atoms with Crippen molar-refractivity contribution in [2.75, 3.05) is 39.9 Å². The first-order valence-corrected chi connectivity index (χ1v) is 11.1. The highest BCUT2D eigenvalue weighted by Gasteiger charge is 2.58. The molecule has 2 saturated carbocycles. The van der Waals surface area contributed by atoms with Crippen molar-refractivity contribution in [2.24, 2.45) is 34.1 Å². The minimum absolute atomic E-state index is 0.0218. The van der Waals surface area contributed by atoms with Gasteiger partial charge in [0, 0.05) is 39.9 Å². The minimum atomic E-state index is -0.112. The standard InChI is InChI=1S/C22H34N4O3/c1-3-23-21(25-14-22(7-4-8-22)9-12-29-2)24-10-11-26-19(27)17-15-5-6-16(13-15)18(17)20(26)28/h5-6,15-18H,3-4,7-14H2,1-2H3,(H2,23,24,25). The number of rotatable bonds is 9. The van der Waals surface area contributed by atoms with Crippen LogP contribution in [0.15, 0.2) is 17.1 Å². The van der Waals surface area contributed by atoms with Crippen molar-refractivity contribution in [3.8, 4) is 0 Å². The van der Waals surface area contributed by atoms with E-state index in [2.05, 4.69) is 22.8 Å². The molecule has 1 saturated heterocycles. The molecule has 0 spiro atoms. The Hall–Kier alpha value is -1.89. The molecule has 3 fully saturated rings. The van der Waals surface area contributed by atoms with E-state index in [9.17, 15) is 9.59 Å². The van der Waals surface area contributed by atoms with Crippen LogP contribution in [0.3, 0.4) is 0 Å². The Balaban J connectivity index is 1.30. The summed E-state index contributed by atoms with van der Waals surface area (Å²) in [5.74, 6) is 1.12. The molecule has 7 nitrogen and oxygen atoms in total. The predicted molar refractivity (Wildman–Crippen MR) is 111 cm³/mol. The number of amides is 2. The van der Waals surface area contributed by atoms with Crippen LogP contribution >= 0.6 is 0 Å². The average molecular weight is 403 g/mol. The lowest BCUT2D eigenvalue weighted by atomic mass is 9.67. The van der Waals surface area contributed by atoms with E-state index in [0.29, 0.717) is 13.1 Å². The zero-order valence-corrected chi connectivity index (χ0v) is 17.7. The van der Waals surface area contributed by atoms with Crippen molar-refractivity contribution in [3.05, 3.63) is 12.2 Å². The van der Waals surface area contributed by atoms with Gasteiger partial charge in [0.15, 0.2) is 5.96 Å². The molecule has 4 atom stereocenters. The molecule has 2 amide bonds. The van der Waals surface area contributed by atoms with Crippen LogP contribution in [-0.4, -0.2) is 62.6 Å². The third-order valence-corrected chi connectivity index (χ3v) is 7.36. The van der Waals surface area contributed by atoms with Crippen molar-refractivity contribution >= 4 is 17.8 Å². The van der Waals surface area contributed by atoms with E-state index in [1.54, 1.807) is 7.11 Å². The fraction of sp³-hybridized carbons (Fsp3) is 0.773. The molecule has 0 aromatic heterocycles. The van der Waals surface area contributed by atoms with E-state index in [1.165, 1.54) is 24.2 Å². The number of hydrogen-bond acceptors (Lipinski definition) is 4. The van der Waals surface area contributed by atoms with E-state index >= 15 is 0 Å². The van der Waals surface area contributed by atoms with Crippen LogP contribution in [0.1, 0.15) is 39.0 Å². The van der Waals surface area contributed by atoms with Gasteiger partial charge in [-0.05, 0) is 49.9 Å². The summed E-state index contributed by atoms with van der Waals surface area (Å²) in [5, 5.41) is 6.60. The first-order valence-electron chi connectivity index (χ1n) is 11.1. The van der Waals surface area contributed by atoms with Crippen LogP contribution < -0.4 is 10.6 Å². The van der Waals surface area contributed by atoms with E-state index < -0.39 is 0 Å². The monoisotopic (exact) mass is 402 g/mol. The van der Waals surface area contributed by atoms with Gasteiger partial charge in [0.05, 0.1) is 11.8 Å². The molecule has 0 radical (unpaired) electrons. The number of hydrogen-bond donors (Lipinski definition) is 2. The number of nitrogens with zero attached hydrogens (tertiary/aromatic N) is 2. The fourth-order valence-corrected chi connectivity index (χ4v) is 5.54. The predicted octanol–water partition coefficient (Wildman–Crippen LogP) is 1.56. The van der Waals surface area contributed by atoms with Crippen LogP contribution in [0.25, 0.3) is 0 Å². The lowest BCUT2D eigenvalue weighted by Crippen LogP contribution is -2.44. The zero-order valence-electron chi connectivity index (χ0n) is 17.7. The highest BCUT2D eigenvalue weighted by molar-refractivity contribution is 6.06. The third kappa shape index (κ3) is 3.81. The second kappa shape index (κ2) is 8.46. The largest absolute Gasteiger partial charge is 0.385 e. The molecular weight excluding hydrogens is 368 g/mol. The SMILES string of the molecule is CCNC(=NCC1(CCOC)CCC1)NCCN1C(=O)C2C3C=CC(C3)C2C1=O. The smallest absolute Gasteiger partial charge is 0.233 e. The average Bonchev–Trinajstić information content (AvgIpc) is 3.36. The maximum absolute atomic E-state index is 12.8. The second-order valence-electron chi connectivity index (χ2n) is 9.05. The molecule has 0 aromatic carbocycles. The van der Waals surface area contributed by atoms with Crippen molar-refractivity contribution in [2.45, 2.75) is 39.0 Å². The normalized spacial score (nSPS) is 31.9. The summed E-state index contributed by atoms with van der Waals surface area (Å²) in [5.41, 5.74) is 0.267. The molecule has 4 rings (SSSR count). The van der Waals surface area contributed by atoms with Crippen molar-refractivity contribution in [3.63, 3.8) is 0 Å². The van der Waals surface area contributed by atoms with E-state index in [1.807, 2.05) is 6.92 Å². The topological polar surface area (TPSA) is 83.0 Å². The van der Waals surface area contributed by atoms with Crippen LogP contribution in [-0.2, 0) is 14.3 Å². The molecule has 29 heavy (non-hydrogen) atoms. The molecule has 4 aliphatic rings. The number of fused-ring (bicyclic) bond motifs is 5. The molecule has 2 N–H and O–H groups in total. The van der Waals surface area contributed by atoms with E-state index in [-0.39, 0.29) is 40.9 Å². The van der Waals surface area contributed by atoms with Gasteiger partial charge in [-0.3, -0.25) is 19.5 Å². The summed E-state index contributed by atoms with van der Waals surface area (Å²) < 4.78 is 5.27. The van der Waals surface area contributed by atoms with Gasteiger partial charge >= 0.3 is 0 Å². The van der Waals surface area contributed by atoms with Crippen LogP contribution in [0.5, 0.6) is 0 Å². The second-order valence-corrected chi connectivity index (χ2v) is 9.05. The molecule has 2 bridgehead atoms. The number of nitrogens with one attached hydrogen (secondary N) is 2. The first-order chi connectivity index (χ1) is 14.1. The van der Waals surface area contributed by atoms with Crippen molar-refractivity contribution in [1.82, 2.24) is 15.5 Å². The molecule has 160 valence electrons. The highest BCUT2D eigenvalue weighted by atomic mass is 16.5. The van der Waals surface area contributed by atoms with Gasteiger partial charge in [0.1, 0.15) is 0 Å². The Kier molecular flexibility index (Phi) is 5.95. The quantitative estimate of drug-likeness (QED) is 0.265. The van der Waals surface area contributed by atoms with Gasteiger partial charge in [-0.2, -0.15) is 0 Å². The molecular formula is C22H34N4O3. The molecule has 7 heteroatoms. The first kappa shape index (κ1) is 20.4. The fourth-order valence-electron chi connectivity index (χ4n) is 5.54. The molecule has 3 aliphatic carbocycles. The number of aliphatic imine (C=N–C) groups is 1. The molecule has 0 aromatic rings. The van der Waals surface area contributed by atoms with Gasteiger partial charge in [-0.15, -0.1) is 0 Å². The Bertz CT molecular complexity index is 670. The Morgan fingerprint density at radius 2 is 1.90 bits per heavy atom. The minimum Gasteiger partial charge on any atom is -0.385 e. The number of likely N-dealkylation sites (tertiary alicyclic amines) is 1. The number of methoxy groups -OCH3 is 1. The number of ether oxygens (including phenoxy) is 1. The molecule has 4 unspecified atom stereocenters. The summed E-state index contributed by atoms with van der Waals surface area (Å²) in [6.07, 6.45) is 9.96. The summed E-state index contributed by atoms with van der Waals surface area (Å²) in [7, 11) is 1.75. The summed E-state index contributed by atoms with van der Waals surface area (Å²) in [6.45, 7) is 5.31. The number of allylic oxidation sites excluding steroid dienone is 2. The lowest BCUT2D eigenvalue weighted by molar-refractivity contribution is -0.140. The summed E-state index contributed by atoms with van der Waals surface area (Å²) in [6, 6.07) is 0. The number of carbonyl (C=O) groups is 2. The van der Waals surface area contributed by atoms with Gasteiger partial charge in [-0.1, -0.05) is 18.6 Å². The Morgan fingerprint density at radius 3 is 2.45 bits per heavy atom. The zero-order chi connectivity index (χ0) is 20.4. The van der Waals surface area contributed by atoms with Gasteiger partial charge < -0.3 is 15.4 Å². The van der Waals surface area contributed by atoms with E-state index in [4.69, 9.17) is 9.73 Å². The van der Waals surface area contributed by atoms with Gasteiger partial charge in [0.2, 0.25) is 11.8 Å². The van der Waals surface area contributed by atoms with E-state index in [0.717, 1.165) is 38.5 Å². The lowest BCUT2D eigenvalue weighted by Gasteiger charge is -2.40. The molecule has 1 heterocycles. The number of imide groups is 1. The number of guanidine groups is 1. The van der Waals surface area contributed by atoms with Crippen LogP contribution in [0, 0.1) is 29.1 Å². The van der Waals surface area contributed by atoms with Gasteiger partial charge in [0.25, 0.3) is 0 Å². The summed E-state index contributed by atoms with van der Waals surface area (Å²) >= 11 is 0. The Labute approximate surface area is 173 Å².